The maximum Gasteiger partial charge on any atom is 0.262 e. The number of aryl methyl sites for hydroxylation is 1. The molecule has 2 fully saturated rings. The van der Waals surface area contributed by atoms with Crippen molar-refractivity contribution in [1.82, 2.24) is 19.4 Å². The van der Waals surface area contributed by atoms with Gasteiger partial charge in [0.2, 0.25) is 5.91 Å². The van der Waals surface area contributed by atoms with Gasteiger partial charge in [0.25, 0.3) is 5.91 Å². The molecular weight excluding hydrogens is 510 g/mol. The van der Waals surface area contributed by atoms with E-state index >= 15 is 0 Å². The van der Waals surface area contributed by atoms with Gasteiger partial charge >= 0.3 is 0 Å². The summed E-state index contributed by atoms with van der Waals surface area (Å²) in [5.74, 6) is 1.22. The minimum atomic E-state index is -0.384. The van der Waals surface area contributed by atoms with Crippen LogP contribution in [0.25, 0.3) is 0 Å². The third-order valence-corrected chi connectivity index (χ3v) is 8.33. The van der Waals surface area contributed by atoms with Crippen LogP contribution >= 0.6 is 0 Å². The molecule has 2 aromatic rings. The summed E-state index contributed by atoms with van der Waals surface area (Å²) in [7, 11) is 5.21. The Morgan fingerprint density at radius 3 is 2.55 bits per heavy atom. The molecular formula is C30H41N5O5. The van der Waals surface area contributed by atoms with Gasteiger partial charge in [0.1, 0.15) is 18.0 Å². The molecule has 3 heterocycles. The summed E-state index contributed by atoms with van der Waals surface area (Å²) >= 11 is 0. The highest BCUT2D eigenvalue weighted by molar-refractivity contribution is 6.02. The number of methoxy groups -OCH3 is 2. The van der Waals surface area contributed by atoms with Crippen molar-refractivity contribution >= 4 is 17.5 Å². The molecule has 0 spiro atoms. The van der Waals surface area contributed by atoms with Crippen molar-refractivity contribution in [1.29, 1.82) is 0 Å². The highest BCUT2D eigenvalue weighted by Crippen LogP contribution is 2.39. The van der Waals surface area contributed by atoms with Crippen molar-refractivity contribution in [3.05, 3.63) is 47.8 Å². The fourth-order valence-electron chi connectivity index (χ4n) is 6.02. The van der Waals surface area contributed by atoms with Gasteiger partial charge in [0.05, 0.1) is 44.9 Å². The zero-order valence-corrected chi connectivity index (χ0v) is 23.9. The highest BCUT2D eigenvalue weighted by atomic mass is 16.5. The number of amides is 2. The fourth-order valence-corrected chi connectivity index (χ4v) is 6.02. The van der Waals surface area contributed by atoms with Crippen LogP contribution in [0.3, 0.4) is 0 Å². The van der Waals surface area contributed by atoms with Gasteiger partial charge in [0, 0.05) is 57.3 Å². The second-order valence-electron chi connectivity index (χ2n) is 10.8. The van der Waals surface area contributed by atoms with E-state index in [0.717, 1.165) is 62.3 Å². The van der Waals surface area contributed by atoms with Gasteiger partial charge in [-0.15, -0.1) is 0 Å². The Kier molecular flexibility index (Phi) is 9.06. The van der Waals surface area contributed by atoms with E-state index in [0.29, 0.717) is 37.7 Å². The van der Waals surface area contributed by atoms with E-state index in [1.54, 1.807) is 24.1 Å². The number of carbonyl (C=O) groups excluding carboxylic acids is 2. The molecule has 1 aromatic heterocycles. The molecule has 10 nitrogen and oxygen atoms in total. The molecule has 40 heavy (non-hydrogen) atoms. The van der Waals surface area contributed by atoms with Crippen LogP contribution in [-0.2, 0) is 21.4 Å². The zero-order valence-electron chi connectivity index (χ0n) is 23.9. The number of morpholine rings is 1. The van der Waals surface area contributed by atoms with Crippen LogP contribution in [0.4, 0.5) is 0 Å². The Labute approximate surface area is 236 Å². The van der Waals surface area contributed by atoms with Gasteiger partial charge in [-0.05, 0) is 43.2 Å². The Bertz CT molecular complexity index is 1210. The number of nitrogens with zero attached hydrogens (tertiary/aromatic N) is 5. The van der Waals surface area contributed by atoms with Crippen molar-refractivity contribution in [2.75, 3.05) is 60.2 Å². The van der Waals surface area contributed by atoms with Crippen LogP contribution in [0.15, 0.2) is 41.6 Å². The highest BCUT2D eigenvalue weighted by Gasteiger charge is 2.38. The van der Waals surface area contributed by atoms with E-state index in [9.17, 15) is 9.59 Å². The van der Waals surface area contributed by atoms with Gasteiger partial charge in [-0.1, -0.05) is 12.8 Å². The first-order valence-corrected chi connectivity index (χ1v) is 14.3. The summed E-state index contributed by atoms with van der Waals surface area (Å²) in [6, 6.07) is 9.20. The number of benzene rings is 1. The predicted octanol–water partition coefficient (Wildman–Crippen LogP) is 3.07. The lowest BCUT2D eigenvalue weighted by Gasteiger charge is -2.32. The maximum atomic E-state index is 14.1. The largest absolute Gasteiger partial charge is 0.497 e. The van der Waals surface area contributed by atoms with Crippen LogP contribution in [0.5, 0.6) is 11.5 Å². The van der Waals surface area contributed by atoms with Gasteiger partial charge < -0.3 is 23.7 Å². The average molecular weight is 552 g/mol. The number of carbonyl (C=O) groups is 2. The van der Waals surface area contributed by atoms with E-state index in [4.69, 9.17) is 19.3 Å². The summed E-state index contributed by atoms with van der Waals surface area (Å²) in [5, 5.41) is 6.42. The number of aromatic nitrogens is 1. The molecule has 1 saturated carbocycles. The SMILES string of the molecule is COc1ccc(OC)c([C@H]2CC(c3cccn3C)=NN2C(=O)CN(CCN2CCOCC2)C(=O)C2CCCC2)c1. The smallest absolute Gasteiger partial charge is 0.262 e. The molecule has 0 N–H and O–H groups in total. The van der Waals surface area contributed by atoms with Crippen molar-refractivity contribution in [2.24, 2.45) is 18.1 Å². The fraction of sp³-hybridized carbons (Fsp3) is 0.567. The molecule has 3 aliphatic rings. The first kappa shape index (κ1) is 28.2. The standard InChI is InChI=1S/C30H41N5O5/c1-32-12-6-9-26(32)25-20-27(24-19-23(38-2)10-11-28(24)39-3)35(31-25)29(36)21-34(30(37)22-7-4-5-8-22)14-13-33-15-17-40-18-16-33/h6,9-12,19,22,27H,4-5,7-8,13-18,20-21H2,1-3H3/t27-/m1/s1. The zero-order chi connectivity index (χ0) is 28.1. The lowest BCUT2D eigenvalue weighted by Crippen LogP contribution is -2.48. The number of ether oxygens (including phenoxy) is 3. The van der Waals surface area contributed by atoms with Crippen molar-refractivity contribution in [3.8, 4) is 11.5 Å². The van der Waals surface area contributed by atoms with Gasteiger partial charge in [-0.2, -0.15) is 5.10 Å². The summed E-state index contributed by atoms with van der Waals surface area (Å²) in [5.41, 5.74) is 2.59. The second-order valence-corrected chi connectivity index (χ2v) is 10.8. The lowest BCUT2D eigenvalue weighted by atomic mass is 9.99. The summed E-state index contributed by atoms with van der Waals surface area (Å²) in [6.07, 6.45) is 6.41. The normalized spacial score (nSPS) is 20.0. The minimum absolute atomic E-state index is 0.00669. The van der Waals surface area contributed by atoms with Gasteiger partial charge in [0.15, 0.2) is 0 Å². The Morgan fingerprint density at radius 2 is 1.88 bits per heavy atom. The molecule has 10 heteroatoms. The summed E-state index contributed by atoms with van der Waals surface area (Å²) in [6.45, 7) is 4.30. The quantitative estimate of drug-likeness (QED) is 0.451. The third-order valence-electron chi connectivity index (χ3n) is 8.33. The average Bonchev–Trinajstić information content (AvgIpc) is 3.76. The maximum absolute atomic E-state index is 14.1. The van der Waals surface area contributed by atoms with Crippen molar-refractivity contribution in [3.63, 3.8) is 0 Å². The van der Waals surface area contributed by atoms with Gasteiger partial charge in [-0.25, -0.2) is 5.01 Å². The van der Waals surface area contributed by atoms with E-state index in [1.807, 2.05) is 48.1 Å². The molecule has 5 rings (SSSR count). The molecule has 1 atom stereocenters. The van der Waals surface area contributed by atoms with Gasteiger partial charge in [-0.3, -0.25) is 14.5 Å². The Morgan fingerprint density at radius 1 is 1.10 bits per heavy atom. The molecule has 0 bridgehead atoms. The first-order chi connectivity index (χ1) is 19.5. The van der Waals surface area contributed by atoms with Crippen LogP contribution in [-0.4, -0.2) is 97.1 Å². The minimum Gasteiger partial charge on any atom is -0.497 e. The topological polar surface area (TPSA) is 88.8 Å². The van der Waals surface area contributed by atoms with Crippen LogP contribution < -0.4 is 9.47 Å². The lowest BCUT2D eigenvalue weighted by molar-refractivity contribution is -0.144. The Balaban J connectivity index is 1.42. The van der Waals surface area contributed by atoms with Crippen LogP contribution in [0.1, 0.15) is 49.4 Å². The molecule has 0 radical (unpaired) electrons. The molecule has 0 unspecified atom stereocenters. The summed E-state index contributed by atoms with van der Waals surface area (Å²) in [4.78, 5) is 31.8. The number of hydrazone groups is 1. The molecule has 1 saturated heterocycles. The van der Waals surface area contributed by atoms with Crippen LogP contribution in [0, 0.1) is 5.92 Å². The van der Waals surface area contributed by atoms with Crippen molar-refractivity contribution < 1.29 is 23.8 Å². The van der Waals surface area contributed by atoms with E-state index in [2.05, 4.69) is 4.90 Å². The number of hydrogen-bond donors (Lipinski definition) is 0. The third kappa shape index (κ3) is 6.18. The first-order valence-electron chi connectivity index (χ1n) is 14.3. The second kappa shape index (κ2) is 12.9. The summed E-state index contributed by atoms with van der Waals surface area (Å²) < 4.78 is 18.7. The predicted molar refractivity (Wildman–Crippen MR) is 151 cm³/mol. The molecule has 216 valence electrons. The molecule has 1 aliphatic carbocycles. The van der Waals surface area contributed by atoms with Crippen molar-refractivity contribution in [2.45, 2.75) is 38.1 Å². The van der Waals surface area contributed by atoms with Crippen LogP contribution in [0.2, 0.25) is 0 Å². The van der Waals surface area contributed by atoms with E-state index in [1.165, 1.54) is 0 Å². The van der Waals surface area contributed by atoms with E-state index < -0.39 is 0 Å². The molecule has 2 aliphatic heterocycles. The number of rotatable bonds is 10. The monoisotopic (exact) mass is 551 g/mol. The Hall–Kier alpha value is -3.37. The molecule has 1 aromatic carbocycles. The molecule has 2 amide bonds. The van der Waals surface area contributed by atoms with E-state index in [-0.39, 0.29) is 30.3 Å². The number of hydrogen-bond acceptors (Lipinski definition) is 7.